The fourth-order valence-corrected chi connectivity index (χ4v) is 1.91. The minimum absolute atomic E-state index is 0.0402. The first-order valence-corrected chi connectivity index (χ1v) is 6.58. The number of nitrogens with one attached hydrogen (secondary N) is 1. The number of benzene rings is 1. The molecule has 1 unspecified atom stereocenters. The van der Waals surface area contributed by atoms with Crippen molar-refractivity contribution in [1.82, 2.24) is 9.97 Å². The van der Waals surface area contributed by atoms with Crippen LogP contribution in [0.15, 0.2) is 36.4 Å². The second kappa shape index (κ2) is 6.29. The third kappa shape index (κ3) is 3.76. The van der Waals surface area contributed by atoms with Gasteiger partial charge >= 0.3 is 0 Å². The molecule has 0 saturated carbocycles. The Balaban J connectivity index is 2.01. The number of nitrogens with zero attached hydrogens (tertiary/aromatic N) is 2. The minimum atomic E-state index is -0.0402. The van der Waals surface area contributed by atoms with Crippen molar-refractivity contribution in [2.75, 3.05) is 11.9 Å². The molecule has 1 aromatic carbocycles. The fourth-order valence-electron chi connectivity index (χ4n) is 1.91. The van der Waals surface area contributed by atoms with Crippen LogP contribution in [0.1, 0.15) is 30.0 Å². The van der Waals surface area contributed by atoms with Gasteiger partial charge < -0.3 is 11.1 Å². The zero-order valence-electron chi connectivity index (χ0n) is 11.4. The lowest BCUT2D eigenvalue weighted by atomic mass is 10.1. The average molecular weight is 256 g/mol. The molecule has 0 fully saturated rings. The Labute approximate surface area is 114 Å². The van der Waals surface area contributed by atoms with E-state index in [2.05, 4.69) is 15.3 Å². The predicted molar refractivity (Wildman–Crippen MR) is 78.0 cm³/mol. The summed E-state index contributed by atoms with van der Waals surface area (Å²) >= 11 is 0. The summed E-state index contributed by atoms with van der Waals surface area (Å²) in [5, 5.41) is 3.28. The number of rotatable bonds is 5. The lowest BCUT2D eigenvalue weighted by Crippen LogP contribution is -2.21. The molecule has 0 aliphatic rings. The maximum absolute atomic E-state index is 6.15. The number of hydrogen-bond acceptors (Lipinski definition) is 4. The van der Waals surface area contributed by atoms with Crippen molar-refractivity contribution in [3.8, 4) is 0 Å². The quantitative estimate of drug-likeness (QED) is 0.862. The fraction of sp³-hybridized carbons (Fsp3) is 0.333. The van der Waals surface area contributed by atoms with E-state index < -0.39 is 0 Å². The highest BCUT2D eigenvalue weighted by molar-refractivity contribution is 5.36. The minimum Gasteiger partial charge on any atom is -0.368 e. The van der Waals surface area contributed by atoms with Crippen LogP contribution in [0.2, 0.25) is 0 Å². The van der Waals surface area contributed by atoms with E-state index in [0.717, 1.165) is 29.3 Å². The maximum atomic E-state index is 6.15. The van der Waals surface area contributed by atoms with Crippen LogP contribution in [0.5, 0.6) is 0 Å². The Morgan fingerprint density at radius 1 is 1.21 bits per heavy atom. The average Bonchev–Trinajstić information content (AvgIpc) is 2.45. The van der Waals surface area contributed by atoms with Gasteiger partial charge in [-0.25, -0.2) is 9.97 Å². The third-order valence-corrected chi connectivity index (χ3v) is 2.95. The maximum Gasteiger partial charge on any atom is 0.130 e. The molecule has 0 bridgehead atoms. The molecule has 19 heavy (non-hydrogen) atoms. The van der Waals surface area contributed by atoms with Gasteiger partial charge in [-0.05, 0) is 12.5 Å². The molecule has 3 N–H and O–H groups in total. The lowest BCUT2D eigenvalue weighted by Gasteiger charge is -2.14. The van der Waals surface area contributed by atoms with E-state index in [9.17, 15) is 0 Å². The van der Waals surface area contributed by atoms with Gasteiger partial charge in [0, 0.05) is 30.8 Å². The van der Waals surface area contributed by atoms with Crippen LogP contribution in [0.4, 0.5) is 5.82 Å². The molecule has 100 valence electrons. The summed E-state index contributed by atoms with van der Waals surface area (Å²) in [5.41, 5.74) is 8.24. The molecule has 4 nitrogen and oxygen atoms in total. The van der Waals surface area contributed by atoms with E-state index in [1.54, 1.807) is 0 Å². The number of aromatic nitrogens is 2. The van der Waals surface area contributed by atoms with Gasteiger partial charge in [-0.3, -0.25) is 0 Å². The summed E-state index contributed by atoms with van der Waals surface area (Å²) in [6.45, 7) is 4.68. The van der Waals surface area contributed by atoms with Crippen LogP contribution in [0.3, 0.4) is 0 Å². The molecule has 2 rings (SSSR count). The Kier molecular flexibility index (Phi) is 4.47. The van der Waals surface area contributed by atoms with E-state index >= 15 is 0 Å². The molecule has 0 spiro atoms. The SMILES string of the molecule is CCc1nc(C)cc(NCC(N)c2ccccc2)n1. The topological polar surface area (TPSA) is 63.8 Å². The van der Waals surface area contributed by atoms with Crippen LogP contribution in [-0.4, -0.2) is 16.5 Å². The van der Waals surface area contributed by atoms with Crippen molar-refractivity contribution in [3.05, 3.63) is 53.5 Å². The van der Waals surface area contributed by atoms with Crippen LogP contribution in [0, 0.1) is 6.92 Å². The molecule has 2 aromatic rings. The first-order chi connectivity index (χ1) is 9.19. The van der Waals surface area contributed by atoms with Gasteiger partial charge in [0.1, 0.15) is 11.6 Å². The molecule has 1 aromatic heterocycles. The highest BCUT2D eigenvalue weighted by atomic mass is 15.0. The van der Waals surface area contributed by atoms with Gasteiger partial charge in [-0.1, -0.05) is 37.3 Å². The number of aryl methyl sites for hydroxylation is 2. The van der Waals surface area contributed by atoms with E-state index in [0.29, 0.717) is 6.54 Å². The Bertz CT molecular complexity index is 525. The molecule has 0 amide bonds. The molecule has 1 heterocycles. The molecular formula is C15H20N4. The van der Waals surface area contributed by atoms with Gasteiger partial charge in [0.2, 0.25) is 0 Å². The van der Waals surface area contributed by atoms with Crippen LogP contribution >= 0.6 is 0 Å². The van der Waals surface area contributed by atoms with Gasteiger partial charge in [0.25, 0.3) is 0 Å². The van der Waals surface area contributed by atoms with Crippen molar-refractivity contribution < 1.29 is 0 Å². The first kappa shape index (κ1) is 13.5. The second-order valence-corrected chi connectivity index (χ2v) is 4.56. The second-order valence-electron chi connectivity index (χ2n) is 4.56. The predicted octanol–water partition coefficient (Wildman–Crippen LogP) is 2.46. The van der Waals surface area contributed by atoms with Crippen molar-refractivity contribution in [2.24, 2.45) is 5.73 Å². The standard InChI is InChI=1S/C15H20N4/c1-3-14-18-11(2)9-15(19-14)17-10-13(16)12-7-5-4-6-8-12/h4-9,13H,3,10,16H2,1-2H3,(H,17,18,19). The Morgan fingerprint density at radius 2 is 1.95 bits per heavy atom. The molecule has 4 heteroatoms. The van der Waals surface area contributed by atoms with Crippen LogP contribution in [0.25, 0.3) is 0 Å². The Hall–Kier alpha value is -1.94. The molecule has 0 aliphatic carbocycles. The van der Waals surface area contributed by atoms with E-state index in [1.165, 1.54) is 0 Å². The summed E-state index contributed by atoms with van der Waals surface area (Å²) in [6, 6.07) is 12.0. The van der Waals surface area contributed by atoms with Crippen molar-refractivity contribution in [3.63, 3.8) is 0 Å². The normalized spacial score (nSPS) is 12.2. The van der Waals surface area contributed by atoms with Crippen molar-refractivity contribution in [2.45, 2.75) is 26.3 Å². The molecule has 0 aliphatic heterocycles. The summed E-state index contributed by atoms with van der Waals surface area (Å²) in [6.07, 6.45) is 0.834. The largest absolute Gasteiger partial charge is 0.368 e. The summed E-state index contributed by atoms with van der Waals surface area (Å²) in [4.78, 5) is 8.80. The third-order valence-electron chi connectivity index (χ3n) is 2.95. The van der Waals surface area contributed by atoms with Crippen LogP contribution in [-0.2, 0) is 6.42 Å². The summed E-state index contributed by atoms with van der Waals surface area (Å²) in [7, 11) is 0. The van der Waals surface area contributed by atoms with Gasteiger partial charge in [0.15, 0.2) is 0 Å². The van der Waals surface area contributed by atoms with Crippen molar-refractivity contribution in [1.29, 1.82) is 0 Å². The summed E-state index contributed by atoms with van der Waals surface area (Å²) < 4.78 is 0. The molecule has 0 radical (unpaired) electrons. The molecule has 0 saturated heterocycles. The zero-order chi connectivity index (χ0) is 13.7. The van der Waals surface area contributed by atoms with Crippen LogP contribution < -0.4 is 11.1 Å². The van der Waals surface area contributed by atoms with E-state index in [-0.39, 0.29) is 6.04 Å². The molecule has 1 atom stereocenters. The number of nitrogens with two attached hydrogens (primary N) is 1. The first-order valence-electron chi connectivity index (χ1n) is 6.58. The Morgan fingerprint density at radius 3 is 2.63 bits per heavy atom. The van der Waals surface area contributed by atoms with E-state index in [4.69, 9.17) is 5.73 Å². The van der Waals surface area contributed by atoms with Gasteiger partial charge in [-0.15, -0.1) is 0 Å². The highest BCUT2D eigenvalue weighted by Crippen LogP contribution is 2.12. The number of anilines is 1. The van der Waals surface area contributed by atoms with Gasteiger partial charge in [0.05, 0.1) is 0 Å². The zero-order valence-corrected chi connectivity index (χ0v) is 11.4. The summed E-state index contributed by atoms with van der Waals surface area (Å²) in [5.74, 6) is 1.70. The smallest absolute Gasteiger partial charge is 0.130 e. The molecular weight excluding hydrogens is 236 g/mol. The lowest BCUT2D eigenvalue weighted by molar-refractivity contribution is 0.759. The van der Waals surface area contributed by atoms with E-state index in [1.807, 2.05) is 50.2 Å². The van der Waals surface area contributed by atoms with Crippen molar-refractivity contribution >= 4 is 5.82 Å². The highest BCUT2D eigenvalue weighted by Gasteiger charge is 2.06. The number of hydrogen-bond donors (Lipinski definition) is 2. The van der Waals surface area contributed by atoms with Gasteiger partial charge in [-0.2, -0.15) is 0 Å². The monoisotopic (exact) mass is 256 g/mol.